The quantitative estimate of drug-likeness (QED) is 0.344. The fourth-order valence-corrected chi connectivity index (χ4v) is 4.12. The summed E-state index contributed by atoms with van der Waals surface area (Å²) in [6.07, 6.45) is 7.11. The van der Waals surface area contributed by atoms with Gasteiger partial charge in [0.25, 0.3) is 11.5 Å². The van der Waals surface area contributed by atoms with Crippen LogP contribution in [0.25, 0.3) is 10.9 Å². The third kappa shape index (κ3) is 5.18. The molecule has 5 aromatic rings. The largest absolute Gasteiger partial charge is 0.360 e. The minimum Gasteiger partial charge on any atom is -0.360 e. The molecule has 0 unspecified atom stereocenters. The lowest BCUT2D eigenvalue weighted by molar-refractivity contribution is 0.0950. The van der Waals surface area contributed by atoms with Gasteiger partial charge in [-0.25, -0.2) is 4.39 Å². The Bertz CT molecular complexity index is 1610. The van der Waals surface area contributed by atoms with Gasteiger partial charge >= 0.3 is 0 Å². The zero-order chi connectivity index (χ0) is 25.1. The molecule has 36 heavy (non-hydrogen) atoms. The van der Waals surface area contributed by atoms with Crippen molar-refractivity contribution in [3.8, 4) is 0 Å². The van der Waals surface area contributed by atoms with E-state index in [1.165, 1.54) is 12.1 Å². The van der Waals surface area contributed by atoms with Gasteiger partial charge in [-0.1, -0.05) is 23.7 Å². The van der Waals surface area contributed by atoms with Gasteiger partial charge in [0.15, 0.2) is 0 Å². The molecule has 0 aliphatic carbocycles. The number of carbonyl (C=O) groups excluding carboxylic acids is 1. The van der Waals surface area contributed by atoms with Crippen LogP contribution in [0.2, 0.25) is 5.02 Å². The van der Waals surface area contributed by atoms with E-state index in [9.17, 15) is 14.0 Å². The summed E-state index contributed by atoms with van der Waals surface area (Å²) in [5.41, 5.74) is 3.66. The molecule has 0 saturated carbocycles. The average molecular weight is 502 g/mol. The Hall–Kier alpha value is -4.30. The molecule has 180 valence electrons. The summed E-state index contributed by atoms with van der Waals surface area (Å²) >= 11 is 6.12. The highest BCUT2D eigenvalue weighted by atomic mass is 35.5. The number of pyridine rings is 3. The van der Waals surface area contributed by atoms with Crippen LogP contribution in [0.3, 0.4) is 0 Å². The van der Waals surface area contributed by atoms with Crippen LogP contribution < -0.4 is 10.9 Å². The number of halogens is 2. The van der Waals surface area contributed by atoms with Crippen LogP contribution in [0.15, 0.2) is 84.2 Å². The van der Waals surface area contributed by atoms with E-state index in [0.29, 0.717) is 45.7 Å². The lowest BCUT2D eigenvalue weighted by Gasteiger charge is -2.09. The number of benzene rings is 1. The SMILES string of the molecule is O=C(NCc1cc2c(Cl)c[nH]c2cc1F)c1ccnc(Cc2ccc(Cn3ccccc3=O)nc2)c1. The van der Waals surface area contributed by atoms with Gasteiger partial charge < -0.3 is 14.9 Å². The number of H-pyrrole nitrogens is 1. The summed E-state index contributed by atoms with van der Waals surface area (Å²) in [6.45, 7) is 0.410. The number of amides is 1. The third-order valence-electron chi connectivity index (χ3n) is 5.82. The molecule has 5 rings (SSSR count). The summed E-state index contributed by atoms with van der Waals surface area (Å²) in [5, 5.41) is 3.95. The Labute approximate surface area is 210 Å². The van der Waals surface area contributed by atoms with E-state index in [1.54, 1.807) is 59.7 Å². The van der Waals surface area contributed by atoms with Crippen molar-refractivity contribution in [3.05, 3.63) is 129 Å². The maximum atomic E-state index is 14.4. The second kappa shape index (κ2) is 10.1. The van der Waals surface area contributed by atoms with Crippen molar-refractivity contribution in [1.82, 2.24) is 24.8 Å². The van der Waals surface area contributed by atoms with Crippen LogP contribution in [0.1, 0.15) is 32.9 Å². The summed E-state index contributed by atoms with van der Waals surface area (Å²) in [4.78, 5) is 36.3. The summed E-state index contributed by atoms with van der Waals surface area (Å²) in [7, 11) is 0. The third-order valence-corrected chi connectivity index (χ3v) is 6.13. The average Bonchev–Trinajstić information content (AvgIpc) is 3.24. The molecule has 4 aromatic heterocycles. The second-order valence-corrected chi connectivity index (χ2v) is 8.75. The van der Waals surface area contributed by atoms with Gasteiger partial charge in [0.05, 0.1) is 17.3 Å². The van der Waals surface area contributed by atoms with Crippen LogP contribution in [0, 0.1) is 5.82 Å². The number of nitrogens with one attached hydrogen (secondary N) is 2. The molecule has 0 aliphatic rings. The highest BCUT2D eigenvalue weighted by molar-refractivity contribution is 6.35. The molecule has 7 nitrogen and oxygen atoms in total. The zero-order valence-corrected chi connectivity index (χ0v) is 19.8. The number of hydrogen-bond donors (Lipinski definition) is 2. The first-order chi connectivity index (χ1) is 17.5. The minimum absolute atomic E-state index is 0.0235. The van der Waals surface area contributed by atoms with E-state index in [-0.39, 0.29) is 18.0 Å². The Morgan fingerprint density at radius 3 is 2.78 bits per heavy atom. The Balaban J connectivity index is 1.23. The van der Waals surface area contributed by atoms with Gasteiger partial charge in [0.1, 0.15) is 5.82 Å². The van der Waals surface area contributed by atoms with Crippen molar-refractivity contribution in [2.75, 3.05) is 0 Å². The Morgan fingerprint density at radius 2 is 1.97 bits per heavy atom. The molecular formula is C27H21ClFN5O2. The van der Waals surface area contributed by atoms with Crippen molar-refractivity contribution in [3.63, 3.8) is 0 Å². The Kier molecular flexibility index (Phi) is 6.60. The van der Waals surface area contributed by atoms with Crippen molar-refractivity contribution >= 4 is 28.4 Å². The summed E-state index contributed by atoms with van der Waals surface area (Å²) in [6, 6.07) is 15.1. The molecule has 9 heteroatoms. The normalized spacial score (nSPS) is 11.1. The predicted octanol–water partition coefficient (Wildman–Crippen LogP) is 4.48. The van der Waals surface area contributed by atoms with E-state index in [4.69, 9.17) is 11.6 Å². The molecule has 1 aromatic carbocycles. The fourth-order valence-electron chi connectivity index (χ4n) is 3.91. The van der Waals surface area contributed by atoms with E-state index in [1.807, 2.05) is 12.1 Å². The Morgan fingerprint density at radius 1 is 1.08 bits per heavy atom. The van der Waals surface area contributed by atoms with E-state index in [0.717, 1.165) is 11.3 Å². The fraction of sp³-hybridized carbons (Fsp3) is 0.111. The van der Waals surface area contributed by atoms with Crippen LogP contribution in [0.4, 0.5) is 4.39 Å². The van der Waals surface area contributed by atoms with Crippen molar-refractivity contribution in [2.24, 2.45) is 0 Å². The number of aromatic amines is 1. The molecule has 4 heterocycles. The molecule has 0 saturated heterocycles. The van der Waals surface area contributed by atoms with Crippen LogP contribution >= 0.6 is 11.6 Å². The van der Waals surface area contributed by atoms with Gasteiger partial charge in [0, 0.05) is 71.5 Å². The number of fused-ring (bicyclic) bond motifs is 1. The molecular weight excluding hydrogens is 481 g/mol. The monoisotopic (exact) mass is 501 g/mol. The van der Waals surface area contributed by atoms with Gasteiger partial charge in [-0.2, -0.15) is 0 Å². The van der Waals surface area contributed by atoms with Gasteiger partial charge in [0.2, 0.25) is 0 Å². The molecule has 0 spiro atoms. The number of rotatable bonds is 7. The summed E-state index contributed by atoms with van der Waals surface area (Å²) < 4.78 is 16.0. The lowest BCUT2D eigenvalue weighted by Crippen LogP contribution is -2.23. The molecule has 0 fully saturated rings. The lowest BCUT2D eigenvalue weighted by atomic mass is 10.1. The van der Waals surface area contributed by atoms with Gasteiger partial charge in [-0.3, -0.25) is 19.6 Å². The van der Waals surface area contributed by atoms with Gasteiger partial charge in [-0.05, 0) is 42.0 Å². The second-order valence-electron chi connectivity index (χ2n) is 8.35. The standard InChI is InChI=1S/C27H21ClFN5O2/c28-23-15-32-25-12-24(29)19(11-22(23)25)14-33-27(36)18-6-7-30-21(10-18)9-17-4-5-20(31-13-17)16-34-8-2-1-3-26(34)35/h1-8,10-13,15,32H,9,14,16H2,(H,33,36). The van der Waals surface area contributed by atoms with Crippen molar-refractivity contribution < 1.29 is 9.18 Å². The molecule has 0 aliphatic heterocycles. The van der Waals surface area contributed by atoms with Crippen molar-refractivity contribution in [2.45, 2.75) is 19.5 Å². The summed E-state index contributed by atoms with van der Waals surface area (Å²) in [5.74, 6) is -0.759. The topological polar surface area (TPSA) is 92.7 Å². The van der Waals surface area contributed by atoms with Gasteiger partial charge in [-0.15, -0.1) is 0 Å². The number of carbonyl (C=O) groups is 1. The minimum atomic E-state index is -0.426. The number of hydrogen-bond acceptors (Lipinski definition) is 4. The maximum absolute atomic E-state index is 14.4. The first-order valence-corrected chi connectivity index (χ1v) is 11.6. The van der Waals surface area contributed by atoms with Crippen molar-refractivity contribution in [1.29, 1.82) is 0 Å². The highest BCUT2D eigenvalue weighted by Crippen LogP contribution is 2.25. The van der Waals surface area contributed by atoms with Crippen LogP contribution in [0.5, 0.6) is 0 Å². The molecule has 0 bridgehead atoms. The van der Waals surface area contributed by atoms with E-state index < -0.39 is 5.82 Å². The van der Waals surface area contributed by atoms with Crippen LogP contribution in [-0.2, 0) is 19.5 Å². The predicted molar refractivity (Wildman–Crippen MR) is 136 cm³/mol. The number of aromatic nitrogens is 4. The van der Waals surface area contributed by atoms with E-state index >= 15 is 0 Å². The molecule has 0 atom stereocenters. The number of nitrogens with zero attached hydrogens (tertiary/aromatic N) is 3. The molecule has 1 amide bonds. The van der Waals surface area contributed by atoms with Crippen LogP contribution in [-0.4, -0.2) is 25.4 Å². The molecule has 0 radical (unpaired) electrons. The van der Waals surface area contributed by atoms with E-state index in [2.05, 4.69) is 20.3 Å². The highest BCUT2D eigenvalue weighted by Gasteiger charge is 2.12. The first kappa shape index (κ1) is 23.4. The maximum Gasteiger partial charge on any atom is 0.251 e. The smallest absolute Gasteiger partial charge is 0.251 e. The molecule has 2 N–H and O–H groups in total. The first-order valence-electron chi connectivity index (χ1n) is 11.2. The zero-order valence-electron chi connectivity index (χ0n) is 19.0.